The minimum atomic E-state index is -1.32. The van der Waals surface area contributed by atoms with E-state index in [1.165, 1.54) is 6.92 Å². The molecule has 118 valence electrons. The number of amides is 1. The molecule has 0 aromatic carbocycles. The Kier molecular flexibility index (Phi) is 7.35. The van der Waals surface area contributed by atoms with Crippen LogP contribution in [-0.4, -0.2) is 71.7 Å². The van der Waals surface area contributed by atoms with Crippen LogP contribution in [0.5, 0.6) is 0 Å². The van der Waals surface area contributed by atoms with Gasteiger partial charge in [-0.25, -0.2) is 0 Å². The zero-order valence-corrected chi connectivity index (χ0v) is 11.4. The monoisotopic (exact) mass is 292 g/mol. The number of carbonyl (C=O) groups is 1. The van der Waals surface area contributed by atoms with E-state index in [9.17, 15) is 20.1 Å². The summed E-state index contributed by atoms with van der Waals surface area (Å²) < 4.78 is 10.7. The highest BCUT2D eigenvalue weighted by Crippen LogP contribution is 2.22. The maximum absolute atomic E-state index is 11.1. The fourth-order valence-corrected chi connectivity index (χ4v) is 2.02. The predicted molar refractivity (Wildman–Crippen MR) is 65.4 cm³/mol. The van der Waals surface area contributed by atoms with E-state index >= 15 is 0 Å². The average Bonchev–Trinajstić information content (AvgIpc) is 2.41. The van der Waals surface area contributed by atoms with Gasteiger partial charge >= 0.3 is 0 Å². The van der Waals surface area contributed by atoms with Crippen LogP contribution in [0.3, 0.4) is 0 Å². The lowest BCUT2D eigenvalue weighted by Crippen LogP contribution is -2.64. The summed E-state index contributed by atoms with van der Waals surface area (Å²) in [4.78, 5) is 11.1. The molecule has 1 aliphatic rings. The third kappa shape index (κ3) is 4.65. The highest BCUT2D eigenvalue weighted by Gasteiger charge is 2.45. The van der Waals surface area contributed by atoms with Crippen molar-refractivity contribution in [3.63, 3.8) is 0 Å². The average molecular weight is 292 g/mol. The molecule has 0 saturated carbocycles. The van der Waals surface area contributed by atoms with Crippen molar-refractivity contribution in [2.45, 2.75) is 50.4 Å². The fraction of sp³-hybridized carbons (Fsp3) is 0.917. The quantitative estimate of drug-likeness (QED) is 0.370. The molecular weight excluding hydrogens is 270 g/mol. The van der Waals surface area contributed by atoms with Crippen LogP contribution < -0.4 is 10.4 Å². The lowest BCUT2D eigenvalue weighted by atomic mass is 9.97. The fourth-order valence-electron chi connectivity index (χ4n) is 2.02. The summed E-state index contributed by atoms with van der Waals surface area (Å²) in [6, 6.07) is -0.933. The molecule has 0 spiro atoms. The summed E-state index contributed by atoms with van der Waals surface area (Å²) in [7, 11) is 0. The number of ether oxygens (including phenoxy) is 2. The predicted octanol–water partition coefficient (Wildman–Crippen LogP) is -2.91. The van der Waals surface area contributed by atoms with Crippen molar-refractivity contribution in [1.29, 1.82) is 0 Å². The lowest BCUT2D eigenvalue weighted by Gasteiger charge is -2.42. The molecule has 20 heavy (non-hydrogen) atoms. The number of hydrogen-bond donors (Lipinski definition) is 4. The number of carbonyl (C=O) groups excluding carboxylic acids is 1. The Labute approximate surface area is 117 Å². The van der Waals surface area contributed by atoms with Crippen LogP contribution in [0, 0.1) is 0 Å². The van der Waals surface area contributed by atoms with Gasteiger partial charge in [-0.05, 0) is 6.42 Å². The maximum Gasteiger partial charge on any atom is 0.217 e. The van der Waals surface area contributed by atoms with Gasteiger partial charge in [-0.1, -0.05) is 6.42 Å². The normalized spacial score (nSPS) is 34.0. The van der Waals surface area contributed by atoms with Gasteiger partial charge in [0.15, 0.2) is 6.29 Å². The number of rotatable bonds is 7. The van der Waals surface area contributed by atoms with Crippen LogP contribution in [0.2, 0.25) is 0 Å². The van der Waals surface area contributed by atoms with E-state index < -0.39 is 43.2 Å². The van der Waals surface area contributed by atoms with Gasteiger partial charge < -0.3 is 35.2 Å². The number of unbranched alkanes of at least 4 members (excludes halogenated alkanes) is 1. The molecule has 0 radical (unpaired) electrons. The third-order valence-electron chi connectivity index (χ3n) is 3.07. The van der Waals surface area contributed by atoms with E-state index in [0.717, 1.165) is 0 Å². The zero-order chi connectivity index (χ0) is 15.1. The molecule has 0 aromatic heterocycles. The second-order valence-corrected chi connectivity index (χ2v) is 4.72. The Morgan fingerprint density at radius 1 is 1.35 bits per heavy atom. The van der Waals surface area contributed by atoms with E-state index in [0.29, 0.717) is 12.8 Å². The molecule has 0 bridgehead atoms. The highest BCUT2D eigenvalue weighted by molar-refractivity contribution is 5.73. The number of aliphatic hydroxyl groups excluding tert-OH is 3. The van der Waals surface area contributed by atoms with Crippen LogP contribution in [0.15, 0.2) is 0 Å². The Hall–Kier alpha value is -0.770. The van der Waals surface area contributed by atoms with Crippen molar-refractivity contribution in [1.82, 2.24) is 5.32 Å². The first-order valence-electron chi connectivity index (χ1n) is 6.60. The van der Waals surface area contributed by atoms with Crippen molar-refractivity contribution in [3.05, 3.63) is 0 Å². The number of aliphatic hydroxyl groups is 3. The molecule has 8 nitrogen and oxygen atoms in total. The lowest BCUT2D eigenvalue weighted by molar-refractivity contribution is -0.369. The second-order valence-electron chi connectivity index (χ2n) is 4.72. The van der Waals surface area contributed by atoms with Gasteiger partial charge in [-0.2, -0.15) is 0 Å². The minimum absolute atomic E-state index is 0.204. The smallest absolute Gasteiger partial charge is 0.217 e. The summed E-state index contributed by atoms with van der Waals surface area (Å²) in [6.45, 7) is 0.811. The van der Waals surface area contributed by atoms with Crippen molar-refractivity contribution in [2.75, 3.05) is 19.8 Å². The number of nitrogens with one attached hydrogen (secondary N) is 1. The number of hydrogen-bond acceptors (Lipinski definition) is 7. The molecule has 1 heterocycles. The van der Waals surface area contributed by atoms with Crippen LogP contribution in [0.25, 0.3) is 0 Å². The van der Waals surface area contributed by atoms with Crippen molar-refractivity contribution in [2.24, 2.45) is 0 Å². The topological polar surface area (TPSA) is 131 Å². The van der Waals surface area contributed by atoms with Gasteiger partial charge in [0.25, 0.3) is 0 Å². The maximum atomic E-state index is 11.1. The van der Waals surface area contributed by atoms with E-state index in [2.05, 4.69) is 5.32 Å². The molecule has 5 atom stereocenters. The SMILES string of the molecule is CC(=O)NC1C(O)[C@@H](O)C(CO)O[C@H]1OCCCC[O-]. The molecule has 0 aliphatic carbocycles. The molecule has 1 rings (SSSR count). The van der Waals surface area contributed by atoms with Gasteiger partial charge in [0.2, 0.25) is 5.91 Å². The molecule has 1 saturated heterocycles. The van der Waals surface area contributed by atoms with E-state index in [1.807, 2.05) is 0 Å². The summed E-state index contributed by atoms with van der Waals surface area (Å²) in [6.07, 6.45) is -3.63. The zero-order valence-electron chi connectivity index (χ0n) is 11.4. The van der Waals surface area contributed by atoms with Crippen molar-refractivity contribution >= 4 is 5.91 Å². The largest absolute Gasteiger partial charge is 0.854 e. The molecule has 1 fully saturated rings. The molecule has 1 aliphatic heterocycles. The molecule has 0 aromatic rings. The minimum Gasteiger partial charge on any atom is -0.854 e. The van der Waals surface area contributed by atoms with E-state index in [1.54, 1.807) is 0 Å². The second kappa shape index (κ2) is 8.50. The standard InChI is InChI=1S/C12H22NO7/c1-7(16)13-9-11(18)10(17)8(6-15)20-12(9)19-5-3-2-4-14/h8-12,15,17-18H,2-6H2,1H3,(H,13,16)/q-1/t8?,9?,10-,11?,12+/m0/s1. The first-order valence-corrected chi connectivity index (χ1v) is 6.60. The first kappa shape index (κ1) is 17.3. The van der Waals surface area contributed by atoms with Crippen LogP contribution in [0.1, 0.15) is 19.8 Å². The van der Waals surface area contributed by atoms with Crippen LogP contribution in [0.4, 0.5) is 0 Å². The molecule has 4 N–H and O–H groups in total. The van der Waals surface area contributed by atoms with Gasteiger partial charge in [-0.15, -0.1) is 6.61 Å². The van der Waals surface area contributed by atoms with Crippen molar-refractivity contribution in [3.8, 4) is 0 Å². The molecular formula is C12H22NO7-. The van der Waals surface area contributed by atoms with Crippen LogP contribution in [-0.2, 0) is 14.3 Å². The summed E-state index contributed by atoms with van der Waals surface area (Å²) >= 11 is 0. The van der Waals surface area contributed by atoms with Gasteiger partial charge in [0, 0.05) is 13.5 Å². The first-order chi connectivity index (χ1) is 9.51. The molecule has 1 amide bonds. The van der Waals surface area contributed by atoms with E-state index in [4.69, 9.17) is 14.6 Å². The highest BCUT2D eigenvalue weighted by atomic mass is 16.7. The van der Waals surface area contributed by atoms with Crippen LogP contribution >= 0.6 is 0 Å². The van der Waals surface area contributed by atoms with Crippen molar-refractivity contribution < 1.29 is 34.7 Å². The van der Waals surface area contributed by atoms with E-state index in [-0.39, 0.29) is 13.2 Å². The van der Waals surface area contributed by atoms with Gasteiger partial charge in [0.1, 0.15) is 24.4 Å². The summed E-state index contributed by atoms with van der Waals surface area (Å²) in [5.41, 5.74) is 0. The van der Waals surface area contributed by atoms with Gasteiger partial charge in [-0.3, -0.25) is 4.79 Å². The Morgan fingerprint density at radius 3 is 2.60 bits per heavy atom. The Morgan fingerprint density at radius 2 is 2.05 bits per heavy atom. The summed E-state index contributed by atoms with van der Waals surface area (Å²) in [5.74, 6) is -0.402. The Bertz CT molecular complexity index is 302. The molecule has 8 heteroatoms. The Balaban J connectivity index is 2.65. The molecule has 3 unspecified atom stereocenters. The van der Waals surface area contributed by atoms with Gasteiger partial charge in [0.05, 0.1) is 6.61 Å². The summed E-state index contributed by atoms with van der Waals surface area (Å²) in [5, 5.41) is 41.6. The third-order valence-corrected chi connectivity index (χ3v) is 3.07.